The van der Waals surface area contributed by atoms with Gasteiger partial charge in [0.2, 0.25) is 0 Å². The van der Waals surface area contributed by atoms with Crippen molar-refractivity contribution in [1.82, 2.24) is 19.6 Å². The van der Waals surface area contributed by atoms with Crippen LogP contribution in [0.3, 0.4) is 0 Å². The first-order chi connectivity index (χ1) is 17.2. The highest BCUT2D eigenvalue weighted by Gasteiger charge is 2.41. The van der Waals surface area contributed by atoms with Crippen LogP contribution in [0.25, 0.3) is 16.9 Å². The number of para-hydroxylation sites is 1. The van der Waals surface area contributed by atoms with Crippen molar-refractivity contribution in [3.8, 4) is 17.0 Å². The Morgan fingerprint density at radius 1 is 0.743 bits per heavy atom. The second-order valence-electron chi connectivity index (χ2n) is 7.94. The lowest BCUT2D eigenvalue weighted by molar-refractivity contribution is 0.0652. The Hall–Kier alpha value is -4.98. The van der Waals surface area contributed by atoms with Crippen LogP contribution in [0.4, 0.5) is 11.6 Å². The number of methoxy groups -OCH3 is 1. The summed E-state index contributed by atoms with van der Waals surface area (Å²) in [7, 11) is 1.62. The summed E-state index contributed by atoms with van der Waals surface area (Å²) < 4.78 is 6.97. The van der Waals surface area contributed by atoms with Crippen molar-refractivity contribution in [2.24, 2.45) is 0 Å². The van der Waals surface area contributed by atoms with E-state index in [-0.39, 0.29) is 5.95 Å². The zero-order chi connectivity index (χ0) is 23.9. The number of aromatic nitrogens is 3. The molecule has 0 radical (unpaired) electrons. The van der Waals surface area contributed by atoms with Gasteiger partial charge in [-0.2, -0.15) is 9.99 Å². The predicted octanol–water partition coefficient (Wildman–Crippen LogP) is 4.75. The minimum absolute atomic E-state index is 0.201. The average Bonchev–Trinajstić information content (AvgIpc) is 3.45. The molecular formula is C27H19N5O3. The SMILES string of the molecule is COc1ccc(-c2cccc3nc(N(c4ccccc4)N4C(=O)c5ccccc5C4=O)nn23)cc1. The largest absolute Gasteiger partial charge is 0.497 e. The number of anilines is 2. The number of benzene rings is 3. The molecule has 0 saturated heterocycles. The molecule has 3 aromatic carbocycles. The van der Waals surface area contributed by atoms with Gasteiger partial charge in [-0.1, -0.05) is 36.4 Å². The van der Waals surface area contributed by atoms with Gasteiger partial charge in [-0.05, 0) is 60.7 Å². The topological polar surface area (TPSA) is 80.0 Å². The van der Waals surface area contributed by atoms with Gasteiger partial charge < -0.3 is 4.74 Å². The number of fused-ring (bicyclic) bond motifs is 2. The van der Waals surface area contributed by atoms with Crippen LogP contribution in [0.1, 0.15) is 20.7 Å². The van der Waals surface area contributed by atoms with Crippen molar-refractivity contribution in [1.29, 1.82) is 0 Å². The lowest BCUT2D eigenvalue weighted by Gasteiger charge is -2.28. The Morgan fingerprint density at radius 2 is 1.40 bits per heavy atom. The summed E-state index contributed by atoms with van der Waals surface area (Å²) in [6.07, 6.45) is 0. The van der Waals surface area contributed by atoms with Gasteiger partial charge in [-0.25, -0.2) is 9.52 Å². The summed E-state index contributed by atoms with van der Waals surface area (Å²) >= 11 is 0. The first-order valence-electron chi connectivity index (χ1n) is 11.0. The highest BCUT2D eigenvalue weighted by molar-refractivity contribution is 6.22. The molecule has 1 aliphatic rings. The molecule has 8 nitrogen and oxygen atoms in total. The fraction of sp³-hybridized carbons (Fsp3) is 0.0370. The maximum absolute atomic E-state index is 13.3. The van der Waals surface area contributed by atoms with Crippen LogP contribution in [0.15, 0.2) is 97.1 Å². The molecule has 0 N–H and O–H groups in total. The number of imide groups is 1. The standard InChI is InChI=1S/C27H19N5O3/c1-35-20-16-14-18(15-17-20)23-12-7-13-24-28-27(29-30(23)24)31(19-8-3-2-4-9-19)32-25(33)21-10-5-6-11-22(21)26(32)34/h2-17H,1H3. The van der Waals surface area contributed by atoms with Crippen LogP contribution >= 0.6 is 0 Å². The van der Waals surface area contributed by atoms with E-state index in [2.05, 4.69) is 0 Å². The molecule has 2 aromatic heterocycles. The number of nitrogens with zero attached hydrogens (tertiary/aromatic N) is 5. The number of ether oxygens (including phenoxy) is 1. The van der Waals surface area contributed by atoms with E-state index >= 15 is 0 Å². The maximum Gasteiger partial charge on any atom is 0.281 e. The molecular weight excluding hydrogens is 442 g/mol. The smallest absolute Gasteiger partial charge is 0.281 e. The molecule has 6 rings (SSSR count). The quantitative estimate of drug-likeness (QED) is 0.351. The molecule has 8 heteroatoms. The van der Waals surface area contributed by atoms with E-state index in [4.69, 9.17) is 14.8 Å². The molecule has 0 atom stereocenters. The molecule has 5 aromatic rings. The van der Waals surface area contributed by atoms with E-state index < -0.39 is 11.8 Å². The first kappa shape index (κ1) is 20.6. The first-order valence-corrected chi connectivity index (χ1v) is 11.0. The van der Waals surface area contributed by atoms with Gasteiger partial charge in [0.05, 0.1) is 29.6 Å². The van der Waals surface area contributed by atoms with Crippen molar-refractivity contribution in [3.05, 3.63) is 108 Å². The summed E-state index contributed by atoms with van der Waals surface area (Å²) in [5, 5.41) is 7.31. The van der Waals surface area contributed by atoms with Gasteiger partial charge >= 0.3 is 0 Å². The molecule has 0 fully saturated rings. The van der Waals surface area contributed by atoms with Gasteiger partial charge in [-0.3, -0.25) is 9.59 Å². The third-order valence-electron chi connectivity index (χ3n) is 5.90. The minimum Gasteiger partial charge on any atom is -0.497 e. The molecule has 0 spiro atoms. The van der Waals surface area contributed by atoms with Gasteiger partial charge in [0.1, 0.15) is 5.75 Å². The summed E-state index contributed by atoms with van der Waals surface area (Å²) in [5.41, 5.74) is 3.58. The average molecular weight is 461 g/mol. The molecule has 0 saturated carbocycles. The highest BCUT2D eigenvalue weighted by Crippen LogP contribution is 2.33. The summed E-state index contributed by atoms with van der Waals surface area (Å²) in [5.74, 6) is 0.0973. The van der Waals surface area contributed by atoms with Crippen LogP contribution in [0, 0.1) is 0 Å². The van der Waals surface area contributed by atoms with Gasteiger partial charge in [0.25, 0.3) is 17.8 Å². The van der Waals surface area contributed by atoms with Crippen LogP contribution < -0.4 is 9.75 Å². The van der Waals surface area contributed by atoms with Crippen LogP contribution in [-0.2, 0) is 0 Å². The lowest BCUT2D eigenvalue weighted by atomic mass is 10.1. The van der Waals surface area contributed by atoms with Crippen LogP contribution in [0.2, 0.25) is 0 Å². The molecule has 1 aliphatic heterocycles. The molecule has 170 valence electrons. The highest BCUT2D eigenvalue weighted by atomic mass is 16.5. The number of carbonyl (C=O) groups excluding carboxylic acids is 2. The summed E-state index contributed by atoms with van der Waals surface area (Å²) in [6, 6.07) is 29.2. The van der Waals surface area contributed by atoms with Crippen molar-refractivity contribution < 1.29 is 14.3 Å². The van der Waals surface area contributed by atoms with Gasteiger partial charge in [0, 0.05) is 5.56 Å². The molecule has 2 amide bonds. The fourth-order valence-electron chi connectivity index (χ4n) is 4.21. The summed E-state index contributed by atoms with van der Waals surface area (Å²) in [6.45, 7) is 0. The third-order valence-corrected chi connectivity index (χ3v) is 5.90. The Kier molecular flexibility index (Phi) is 4.77. The number of hydrazine groups is 1. The number of rotatable bonds is 5. The Balaban J connectivity index is 1.51. The van der Waals surface area contributed by atoms with Crippen molar-refractivity contribution in [3.63, 3.8) is 0 Å². The van der Waals surface area contributed by atoms with E-state index in [9.17, 15) is 9.59 Å². The normalized spacial score (nSPS) is 12.8. The van der Waals surface area contributed by atoms with E-state index in [0.717, 1.165) is 22.0 Å². The van der Waals surface area contributed by atoms with Crippen LogP contribution in [-0.4, -0.2) is 38.5 Å². The van der Waals surface area contributed by atoms with Crippen molar-refractivity contribution >= 4 is 29.1 Å². The van der Waals surface area contributed by atoms with E-state index in [1.165, 1.54) is 5.01 Å². The maximum atomic E-state index is 13.3. The molecule has 0 unspecified atom stereocenters. The van der Waals surface area contributed by atoms with Gasteiger partial charge in [-0.15, -0.1) is 5.10 Å². The zero-order valence-corrected chi connectivity index (χ0v) is 18.7. The number of carbonyl (C=O) groups is 2. The number of pyridine rings is 1. The molecule has 0 aliphatic carbocycles. The summed E-state index contributed by atoms with van der Waals surface area (Å²) in [4.78, 5) is 31.4. The van der Waals surface area contributed by atoms with Crippen LogP contribution in [0.5, 0.6) is 5.75 Å². The van der Waals surface area contributed by atoms with E-state index in [0.29, 0.717) is 22.5 Å². The Bertz CT molecular complexity index is 1540. The van der Waals surface area contributed by atoms with Crippen molar-refractivity contribution in [2.45, 2.75) is 0 Å². The lowest BCUT2D eigenvalue weighted by Crippen LogP contribution is -2.44. The monoisotopic (exact) mass is 461 g/mol. The second kappa shape index (κ2) is 8.11. The van der Waals surface area contributed by atoms with E-state index in [1.807, 2.05) is 60.7 Å². The van der Waals surface area contributed by atoms with Crippen molar-refractivity contribution in [2.75, 3.05) is 12.1 Å². The Morgan fingerprint density at radius 3 is 2.06 bits per heavy atom. The minimum atomic E-state index is -0.427. The molecule has 3 heterocycles. The number of hydrogen-bond donors (Lipinski definition) is 0. The van der Waals surface area contributed by atoms with E-state index in [1.54, 1.807) is 48.0 Å². The Labute approximate surface area is 200 Å². The van der Waals surface area contributed by atoms with Gasteiger partial charge in [0.15, 0.2) is 5.65 Å². The zero-order valence-electron chi connectivity index (χ0n) is 18.7. The number of amides is 2. The number of hydrogen-bond acceptors (Lipinski definition) is 6. The molecule has 35 heavy (non-hydrogen) atoms. The predicted molar refractivity (Wildman–Crippen MR) is 130 cm³/mol. The second-order valence-corrected chi connectivity index (χ2v) is 7.94. The molecule has 0 bridgehead atoms. The third kappa shape index (κ3) is 3.31. The fourth-order valence-corrected chi connectivity index (χ4v) is 4.21.